The minimum Gasteiger partial charge on any atom is -0.492 e. The van der Waals surface area contributed by atoms with Crippen molar-refractivity contribution in [2.24, 2.45) is 0 Å². The van der Waals surface area contributed by atoms with Gasteiger partial charge < -0.3 is 14.8 Å². The summed E-state index contributed by atoms with van der Waals surface area (Å²) in [5.74, 6) is -0.918. The van der Waals surface area contributed by atoms with E-state index in [9.17, 15) is 14.4 Å². The molecule has 2 amide bonds. The predicted molar refractivity (Wildman–Crippen MR) is 134 cm³/mol. The number of esters is 1. The summed E-state index contributed by atoms with van der Waals surface area (Å²) in [5.41, 5.74) is 2.20. The molecular weight excluding hydrogens is 468 g/mol. The SMILES string of the molecule is CCOc1ccccc1N1C(=O)C(Cl)=C(Nc2ccc(C(=O)Oc3ccc(CC)cc3)cc2)C1=O. The summed E-state index contributed by atoms with van der Waals surface area (Å²) in [4.78, 5) is 39.3. The van der Waals surface area contributed by atoms with Gasteiger partial charge >= 0.3 is 5.97 Å². The second kappa shape index (κ2) is 10.4. The van der Waals surface area contributed by atoms with Gasteiger partial charge in [-0.25, -0.2) is 9.69 Å². The Morgan fingerprint density at radius 3 is 2.26 bits per heavy atom. The van der Waals surface area contributed by atoms with Crippen molar-refractivity contribution in [3.8, 4) is 11.5 Å². The van der Waals surface area contributed by atoms with Gasteiger partial charge in [0.2, 0.25) is 0 Å². The van der Waals surface area contributed by atoms with E-state index >= 15 is 0 Å². The summed E-state index contributed by atoms with van der Waals surface area (Å²) in [7, 11) is 0. The zero-order chi connectivity index (χ0) is 24.9. The lowest BCUT2D eigenvalue weighted by atomic mass is 10.1. The molecule has 0 unspecified atom stereocenters. The molecule has 1 heterocycles. The molecule has 1 aliphatic rings. The third-order valence-electron chi connectivity index (χ3n) is 5.37. The van der Waals surface area contributed by atoms with Crippen molar-refractivity contribution in [1.29, 1.82) is 0 Å². The molecule has 35 heavy (non-hydrogen) atoms. The van der Waals surface area contributed by atoms with Gasteiger partial charge in [-0.05, 0) is 67.4 Å². The number of imide groups is 1. The molecule has 0 fully saturated rings. The zero-order valence-electron chi connectivity index (χ0n) is 19.2. The van der Waals surface area contributed by atoms with E-state index < -0.39 is 17.8 Å². The number of anilines is 2. The van der Waals surface area contributed by atoms with E-state index in [4.69, 9.17) is 21.1 Å². The number of carbonyl (C=O) groups is 3. The molecule has 3 aromatic rings. The minimum absolute atomic E-state index is 0.0608. The van der Waals surface area contributed by atoms with E-state index in [0.717, 1.165) is 16.9 Å². The van der Waals surface area contributed by atoms with Crippen molar-refractivity contribution in [1.82, 2.24) is 0 Å². The Hall–Kier alpha value is -4.10. The van der Waals surface area contributed by atoms with Gasteiger partial charge in [-0.3, -0.25) is 9.59 Å². The number of para-hydroxylation sites is 2. The fourth-order valence-electron chi connectivity index (χ4n) is 3.54. The van der Waals surface area contributed by atoms with Crippen LogP contribution in [-0.2, 0) is 16.0 Å². The first-order valence-corrected chi connectivity index (χ1v) is 11.5. The van der Waals surface area contributed by atoms with Crippen LogP contribution < -0.4 is 19.7 Å². The average Bonchev–Trinajstić information content (AvgIpc) is 3.08. The van der Waals surface area contributed by atoms with Crippen LogP contribution in [0.15, 0.2) is 83.5 Å². The van der Waals surface area contributed by atoms with Crippen LogP contribution in [0.1, 0.15) is 29.8 Å². The highest BCUT2D eigenvalue weighted by Gasteiger charge is 2.40. The number of nitrogens with zero attached hydrogens (tertiary/aromatic N) is 1. The molecule has 8 heteroatoms. The Labute approximate surface area is 207 Å². The van der Waals surface area contributed by atoms with Crippen LogP contribution in [0.2, 0.25) is 0 Å². The van der Waals surface area contributed by atoms with E-state index in [2.05, 4.69) is 5.32 Å². The monoisotopic (exact) mass is 490 g/mol. The maximum Gasteiger partial charge on any atom is 0.343 e. The highest BCUT2D eigenvalue weighted by molar-refractivity contribution is 6.53. The molecule has 4 rings (SSSR count). The molecule has 0 atom stereocenters. The lowest BCUT2D eigenvalue weighted by Gasteiger charge is -2.18. The summed E-state index contributed by atoms with van der Waals surface area (Å²) in [6.45, 7) is 4.23. The number of benzene rings is 3. The number of rotatable bonds is 8. The Morgan fingerprint density at radius 1 is 0.914 bits per heavy atom. The highest BCUT2D eigenvalue weighted by Crippen LogP contribution is 2.35. The zero-order valence-corrected chi connectivity index (χ0v) is 20.0. The molecular formula is C27H23ClN2O5. The lowest BCUT2D eigenvalue weighted by Crippen LogP contribution is -2.32. The number of hydrogen-bond donors (Lipinski definition) is 1. The van der Waals surface area contributed by atoms with Crippen LogP contribution in [0.5, 0.6) is 11.5 Å². The third kappa shape index (κ3) is 5.05. The highest BCUT2D eigenvalue weighted by atomic mass is 35.5. The summed E-state index contributed by atoms with van der Waals surface area (Å²) in [5, 5.41) is 2.66. The fourth-order valence-corrected chi connectivity index (χ4v) is 3.76. The number of hydrogen-bond acceptors (Lipinski definition) is 6. The lowest BCUT2D eigenvalue weighted by molar-refractivity contribution is -0.120. The minimum atomic E-state index is -0.652. The number of nitrogens with one attached hydrogen (secondary N) is 1. The van der Waals surface area contributed by atoms with E-state index in [1.54, 1.807) is 60.7 Å². The van der Waals surface area contributed by atoms with E-state index in [1.807, 2.05) is 26.0 Å². The Balaban J connectivity index is 1.47. The van der Waals surface area contributed by atoms with Crippen LogP contribution in [0, 0.1) is 0 Å². The molecule has 0 aliphatic carbocycles. The van der Waals surface area contributed by atoms with Crippen molar-refractivity contribution < 1.29 is 23.9 Å². The second-order valence-corrected chi connectivity index (χ2v) is 8.00. The molecule has 1 N–H and O–H groups in total. The second-order valence-electron chi connectivity index (χ2n) is 7.62. The molecule has 178 valence electrons. The molecule has 0 saturated heterocycles. The van der Waals surface area contributed by atoms with Crippen molar-refractivity contribution >= 4 is 40.8 Å². The fraction of sp³-hybridized carbons (Fsp3) is 0.148. The largest absolute Gasteiger partial charge is 0.492 e. The number of ether oxygens (including phenoxy) is 2. The maximum atomic E-state index is 13.1. The molecule has 0 aromatic heterocycles. The first kappa shape index (κ1) is 24.0. The topological polar surface area (TPSA) is 84.9 Å². The predicted octanol–water partition coefficient (Wildman–Crippen LogP) is 5.30. The normalized spacial score (nSPS) is 13.3. The van der Waals surface area contributed by atoms with Crippen LogP contribution in [0.3, 0.4) is 0 Å². The van der Waals surface area contributed by atoms with Crippen LogP contribution in [0.4, 0.5) is 11.4 Å². The molecule has 1 aliphatic heterocycles. The summed E-state index contributed by atoms with van der Waals surface area (Å²) in [6, 6.07) is 20.4. The summed E-state index contributed by atoms with van der Waals surface area (Å²) < 4.78 is 11.0. The Bertz CT molecular complexity index is 1300. The molecule has 3 aromatic carbocycles. The maximum absolute atomic E-state index is 13.1. The third-order valence-corrected chi connectivity index (χ3v) is 5.72. The average molecular weight is 491 g/mol. The standard InChI is InChI=1S/C27H23ClN2O5/c1-3-17-9-15-20(16-10-17)35-27(33)18-11-13-19(14-12-18)29-24-23(28)25(31)30(26(24)32)21-7-5-6-8-22(21)34-4-2/h5-16,29H,3-4H2,1-2H3. The Kier molecular flexibility index (Phi) is 7.17. The first-order valence-electron chi connectivity index (χ1n) is 11.1. The quantitative estimate of drug-likeness (QED) is 0.262. The molecule has 0 radical (unpaired) electrons. The number of halogens is 1. The van der Waals surface area contributed by atoms with Gasteiger partial charge in [0.15, 0.2) is 0 Å². The van der Waals surface area contributed by atoms with E-state index in [-0.39, 0.29) is 10.7 Å². The van der Waals surface area contributed by atoms with Gasteiger partial charge in [-0.2, -0.15) is 0 Å². The van der Waals surface area contributed by atoms with Crippen molar-refractivity contribution in [2.45, 2.75) is 20.3 Å². The molecule has 0 spiro atoms. The first-order chi connectivity index (χ1) is 16.9. The van der Waals surface area contributed by atoms with Gasteiger partial charge in [0.05, 0.1) is 17.9 Å². The summed E-state index contributed by atoms with van der Waals surface area (Å²) in [6.07, 6.45) is 0.897. The van der Waals surface area contributed by atoms with Gasteiger partial charge in [0.1, 0.15) is 22.2 Å². The number of aryl methyl sites for hydroxylation is 1. The number of amides is 2. The smallest absolute Gasteiger partial charge is 0.343 e. The van der Waals surface area contributed by atoms with Gasteiger partial charge in [-0.15, -0.1) is 0 Å². The molecule has 0 bridgehead atoms. The van der Waals surface area contributed by atoms with Crippen molar-refractivity contribution in [3.05, 3.63) is 94.7 Å². The van der Waals surface area contributed by atoms with Crippen LogP contribution in [0.25, 0.3) is 0 Å². The van der Waals surface area contributed by atoms with Crippen LogP contribution in [-0.4, -0.2) is 24.4 Å². The Morgan fingerprint density at radius 2 is 1.60 bits per heavy atom. The number of carbonyl (C=O) groups excluding carboxylic acids is 3. The van der Waals surface area contributed by atoms with Crippen molar-refractivity contribution in [3.63, 3.8) is 0 Å². The van der Waals surface area contributed by atoms with Crippen molar-refractivity contribution in [2.75, 3.05) is 16.8 Å². The van der Waals surface area contributed by atoms with Crippen LogP contribution >= 0.6 is 11.6 Å². The van der Waals surface area contributed by atoms with Gasteiger partial charge in [0.25, 0.3) is 11.8 Å². The molecule has 7 nitrogen and oxygen atoms in total. The van der Waals surface area contributed by atoms with Gasteiger partial charge in [-0.1, -0.05) is 42.8 Å². The summed E-state index contributed by atoms with van der Waals surface area (Å²) >= 11 is 6.23. The van der Waals surface area contributed by atoms with Gasteiger partial charge in [0, 0.05) is 5.69 Å². The molecule has 0 saturated carbocycles. The van der Waals surface area contributed by atoms with E-state index in [1.165, 1.54) is 0 Å². The van der Waals surface area contributed by atoms with E-state index in [0.29, 0.717) is 35.0 Å².